The fourth-order valence-electron chi connectivity index (χ4n) is 2.40. The van der Waals surface area contributed by atoms with Crippen molar-refractivity contribution >= 4 is 44.2 Å². The van der Waals surface area contributed by atoms with E-state index in [1.54, 1.807) is 18.2 Å². The Labute approximate surface area is 142 Å². The maximum atomic E-state index is 13.0. The summed E-state index contributed by atoms with van der Waals surface area (Å²) in [6.45, 7) is 0. The Morgan fingerprint density at radius 1 is 1.00 bits per heavy atom. The van der Waals surface area contributed by atoms with Gasteiger partial charge < -0.3 is 5.73 Å². The number of carbonyl (C=O) groups is 2. The standard InChI is InChI=1S/C16H11ClN2O4S/c17-11-6-7-13-10(8-11)9-14(15(20)16(18)21)19(13)24(22,23)12-4-2-1-3-5-12/h1-9H,(H2,18,21). The molecule has 1 heterocycles. The number of halogens is 1. The molecule has 2 N–H and O–H groups in total. The van der Waals surface area contributed by atoms with E-state index in [0.717, 1.165) is 3.97 Å². The Hall–Kier alpha value is -2.64. The Balaban J connectivity index is 2.39. The number of aromatic nitrogens is 1. The van der Waals surface area contributed by atoms with Gasteiger partial charge in [0.05, 0.1) is 10.4 Å². The van der Waals surface area contributed by atoms with Gasteiger partial charge in [0, 0.05) is 10.4 Å². The number of primary amides is 1. The zero-order valence-corrected chi connectivity index (χ0v) is 13.7. The van der Waals surface area contributed by atoms with E-state index in [9.17, 15) is 18.0 Å². The average Bonchev–Trinajstić information content (AvgIpc) is 2.93. The summed E-state index contributed by atoms with van der Waals surface area (Å²) >= 11 is 5.92. The zero-order valence-electron chi connectivity index (χ0n) is 12.1. The van der Waals surface area contributed by atoms with E-state index in [-0.39, 0.29) is 16.1 Å². The van der Waals surface area contributed by atoms with Gasteiger partial charge in [-0.2, -0.15) is 0 Å². The van der Waals surface area contributed by atoms with Crippen LogP contribution in [0.1, 0.15) is 10.5 Å². The summed E-state index contributed by atoms with van der Waals surface area (Å²) in [7, 11) is -4.10. The number of ketones is 1. The summed E-state index contributed by atoms with van der Waals surface area (Å²) in [5.74, 6) is -2.34. The molecule has 0 bridgehead atoms. The van der Waals surface area contributed by atoms with Crippen molar-refractivity contribution in [2.75, 3.05) is 0 Å². The number of carbonyl (C=O) groups excluding carboxylic acids is 2. The minimum Gasteiger partial charge on any atom is -0.363 e. The van der Waals surface area contributed by atoms with Crippen LogP contribution in [0.5, 0.6) is 0 Å². The van der Waals surface area contributed by atoms with Crippen LogP contribution in [0.15, 0.2) is 59.5 Å². The van der Waals surface area contributed by atoms with E-state index >= 15 is 0 Å². The Bertz CT molecular complexity index is 1070. The van der Waals surface area contributed by atoms with Crippen LogP contribution in [-0.2, 0) is 14.8 Å². The van der Waals surface area contributed by atoms with Crippen LogP contribution in [0.4, 0.5) is 0 Å². The number of amides is 1. The van der Waals surface area contributed by atoms with Crippen LogP contribution in [0.2, 0.25) is 5.02 Å². The van der Waals surface area contributed by atoms with Crippen LogP contribution < -0.4 is 5.73 Å². The van der Waals surface area contributed by atoms with Gasteiger partial charge in [-0.1, -0.05) is 29.8 Å². The molecule has 3 rings (SSSR count). The first-order valence-electron chi connectivity index (χ1n) is 6.78. The van der Waals surface area contributed by atoms with Crippen LogP contribution in [-0.4, -0.2) is 24.1 Å². The van der Waals surface area contributed by atoms with Crippen LogP contribution >= 0.6 is 11.6 Å². The maximum Gasteiger partial charge on any atom is 0.291 e. The molecular formula is C16H11ClN2O4S. The van der Waals surface area contributed by atoms with Gasteiger partial charge in [0.15, 0.2) is 0 Å². The van der Waals surface area contributed by atoms with E-state index in [0.29, 0.717) is 10.4 Å². The van der Waals surface area contributed by atoms with Gasteiger partial charge in [-0.05, 0) is 36.4 Å². The summed E-state index contributed by atoms with van der Waals surface area (Å²) in [4.78, 5) is 23.4. The SMILES string of the molecule is NC(=O)C(=O)c1cc2cc(Cl)ccc2n1S(=O)(=O)c1ccccc1. The van der Waals surface area contributed by atoms with Gasteiger partial charge >= 0.3 is 0 Å². The Kier molecular flexibility index (Phi) is 3.90. The third-order valence-electron chi connectivity index (χ3n) is 3.46. The molecule has 0 fully saturated rings. The molecule has 6 nitrogen and oxygen atoms in total. The molecule has 0 aliphatic rings. The molecular weight excluding hydrogens is 352 g/mol. The van der Waals surface area contributed by atoms with Gasteiger partial charge in [0.2, 0.25) is 0 Å². The first kappa shape index (κ1) is 16.2. The third kappa shape index (κ3) is 2.57. The van der Waals surface area contributed by atoms with Crippen molar-refractivity contribution in [3.8, 4) is 0 Å². The lowest BCUT2D eigenvalue weighted by Gasteiger charge is -2.10. The Morgan fingerprint density at radius 2 is 1.67 bits per heavy atom. The van der Waals surface area contributed by atoms with E-state index < -0.39 is 21.7 Å². The molecule has 0 unspecified atom stereocenters. The molecule has 0 saturated heterocycles. The van der Waals surface area contributed by atoms with Crippen molar-refractivity contribution in [3.05, 3.63) is 65.3 Å². The van der Waals surface area contributed by atoms with Gasteiger partial charge in [-0.25, -0.2) is 12.4 Å². The van der Waals surface area contributed by atoms with Crippen LogP contribution in [0, 0.1) is 0 Å². The lowest BCUT2D eigenvalue weighted by atomic mass is 10.2. The minimum absolute atomic E-state index is 0.0176. The predicted molar refractivity (Wildman–Crippen MR) is 89.5 cm³/mol. The molecule has 3 aromatic rings. The number of hydrogen-bond acceptors (Lipinski definition) is 4. The van der Waals surface area contributed by atoms with Gasteiger partial charge in [-0.3, -0.25) is 9.59 Å². The lowest BCUT2D eigenvalue weighted by Crippen LogP contribution is -2.27. The second kappa shape index (κ2) is 5.77. The molecule has 0 spiro atoms. The summed E-state index contributed by atoms with van der Waals surface area (Å²) in [5, 5.41) is 0.779. The summed E-state index contributed by atoms with van der Waals surface area (Å²) in [5.41, 5.74) is 4.95. The topological polar surface area (TPSA) is 99.2 Å². The molecule has 0 radical (unpaired) electrons. The first-order chi connectivity index (χ1) is 11.3. The second-order valence-electron chi connectivity index (χ2n) is 5.01. The number of hydrogen-bond donors (Lipinski definition) is 1. The zero-order chi connectivity index (χ0) is 17.5. The third-order valence-corrected chi connectivity index (χ3v) is 5.43. The molecule has 0 aliphatic carbocycles. The smallest absolute Gasteiger partial charge is 0.291 e. The molecule has 0 atom stereocenters. The highest BCUT2D eigenvalue weighted by molar-refractivity contribution is 7.90. The van der Waals surface area contributed by atoms with Crippen molar-refractivity contribution in [3.63, 3.8) is 0 Å². The fourth-order valence-corrected chi connectivity index (χ4v) is 4.11. The fraction of sp³-hybridized carbons (Fsp3) is 0. The molecule has 122 valence electrons. The highest BCUT2D eigenvalue weighted by atomic mass is 35.5. The number of benzene rings is 2. The molecule has 1 aromatic heterocycles. The second-order valence-corrected chi connectivity index (χ2v) is 7.23. The van der Waals surface area contributed by atoms with Crippen LogP contribution in [0.25, 0.3) is 10.9 Å². The summed E-state index contributed by atoms with van der Waals surface area (Å²) < 4.78 is 26.8. The highest BCUT2D eigenvalue weighted by Gasteiger charge is 2.28. The van der Waals surface area contributed by atoms with Gasteiger partial charge in [0.1, 0.15) is 5.69 Å². The van der Waals surface area contributed by atoms with Gasteiger partial charge in [0.25, 0.3) is 21.7 Å². The number of nitrogens with zero attached hydrogens (tertiary/aromatic N) is 1. The molecule has 0 aliphatic heterocycles. The van der Waals surface area contributed by atoms with Gasteiger partial charge in [-0.15, -0.1) is 0 Å². The largest absolute Gasteiger partial charge is 0.363 e. The minimum atomic E-state index is -4.10. The lowest BCUT2D eigenvalue weighted by molar-refractivity contribution is -0.114. The normalized spacial score (nSPS) is 11.5. The van der Waals surface area contributed by atoms with Crippen molar-refractivity contribution in [2.24, 2.45) is 5.73 Å². The maximum absolute atomic E-state index is 13.0. The Morgan fingerprint density at radius 3 is 2.29 bits per heavy atom. The molecule has 24 heavy (non-hydrogen) atoms. The average molecular weight is 363 g/mol. The van der Waals surface area contributed by atoms with E-state index in [4.69, 9.17) is 17.3 Å². The first-order valence-corrected chi connectivity index (χ1v) is 8.60. The molecule has 2 aromatic carbocycles. The van der Waals surface area contributed by atoms with Crippen molar-refractivity contribution in [2.45, 2.75) is 4.90 Å². The quantitative estimate of drug-likeness (QED) is 0.568. The highest BCUT2D eigenvalue weighted by Crippen LogP contribution is 2.28. The van der Waals surface area contributed by atoms with Crippen molar-refractivity contribution in [1.29, 1.82) is 0 Å². The number of rotatable bonds is 4. The summed E-state index contributed by atoms with van der Waals surface area (Å²) in [6, 6.07) is 13.3. The molecule has 1 amide bonds. The van der Waals surface area contributed by atoms with E-state index in [1.165, 1.54) is 36.4 Å². The van der Waals surface area contributed by atoms with E-state index in [2.05, 4.69) is 0 Å². The van der Waals surface area contributed by atoms with Crippen LogP contribution in [0.3, 0.4) is 0 Å². The number of nitrogens with two attached hydrogens (primary N) is 1. The molecule has 0 saturated carbocycles. The predicted octanol–water partition coefficient (Wildman–Crippen LogP) is 2.20. The summed E-state index contributed by atoms with van der Waals surface area (Å²) in [6.07, 6.45) is 0. The number of Topliss-reactive ketones (excluding diaryl/α,β-unsaturated/α-hetero) is 1. The van der Waals surface area contributed by atoms with E-state index in [1.807, 2.05) is 0 Å². The molecule has 8 heteroatoms. The monoisotopic (exact) mass is 362 g/mol. The van der Waals surface area contributed by atoms with Crippen molar-refractivity contribution < 1.29 is 18.0 Å². The van der Waals surface area contributed by atoms with Crippen molar-refractivity contribution in [1.82, 2.24) is 3.97 Å². The number of fused-ring (bicyclic) bond motifs is 1.